The second kappa shape index (κ2) is 5.72. The van der Waals surface area contributed by atoms with Crippen LogP contribution in [0.5, 0.6) is 5.75 Å². The molecule has 2 radical (unpaired) electrons. The number of halogens is 1. The number of hydrogen-bond donors (Lipinski definition) is 0. The van der Waals surface area contributed by atoms with Crippen LogP contribution in [0.15, 0.2) is 42.5 Å². The summed E-state index contributed by atoms with van der Waals surface area (Å²) in [6.45, 7) is 2.27. The van der Waals surface area contributed by atoms with Gasteiger partial charge in [-0.2, -0.15) is 0 Å². The van der Waals surface area contributed by atoms with Crippen molar-refractivity contribution in [2.45, 2.75) is 13.3 Å². The maximum Gasteiger partial charge on any atom is 0.126 e. The summed E-state index contributed by atoms with van der Waals surface area (Å²) < 4.78 is 18.9. The van der Waals surface area contributed by atoms with Gasteiger partial charge in [0.1, 0.15) is 19.4 Å². The lowest BCUT2D eigenvalue weighted by molar-refractivity contribution is 0.322. The molecule has 0 aromatic heterocycles. The first-order valence-corrected chi connectivity index (χ1v) is 5.88. The Morgan fingerprint density at radius 1 is 1.11 bits per heavy atom. The van der Waals surface area contributed by atoms with E-state index in [0.29, 0.717) is 24.1 Å². The van der Waals surface area contributed by atoms with Crippen molar-refractivity contribution in [3.8, 4) is 5.75 Å². The first-order valence-electron chi connectivity index (χ1n) is 5.88. The Hall–Kier alpha value is -1.77. The molecule has 90 valence electrons. The maximum atomic E-state index is 13.3. The average Bonchev–Trinajstić information content (AvgIpc) is 2.36. The highest BCUT2D eigenvalue weighted by molar-refractivity contribution is 6.32. The van der Waals surface area contributed by atoms with Crippen LogP contribution in [0.3, 0.4) is 0 Å². The Bertz CT molecular complexity index is 523. The minimum absolute atomic E-state index is 0.167. The van der Waals surface area contributed by atoms with Gasteiger partial charge in [0.25, 0.3) is 0 Å². The van der Waals surface area contributed by atoms with Crippen LogP contribution < -0.4 is 10.2 Å². The van der Waals surface area contributed by atoms with Crippen molar-refractivity contribution in [1.29, 1.82) is 0 Å². The molecule has 2 aromatic rings. The minimum Gasteiger partial charge on any atom is -0.493 e. The summed E-state index contributed by atoms with van der Waals surface area (Å²) in [6, 6.07) is 12.5. The summed E-state index contributed by atoms with van der Waals surface area (Å²) in [4.78, 5) is 0. The normalized spacial score (nSPS) is 10.3. The monoisotopic (exact) mass is 240 g/mol. The molecule has 0 fully saturated rings. The van der Waals surface area contributed by atoms with Gasteiger partial charge in [-0.15, -0.1) is 0 Å². The Balaban J connectivity index is 1.88. The van der Waals surface area contributed by atoms with Gasteiger partial charge in [0.2, 0.25) is 0 Å². The summed E-state index contributed by atoms with van der Waals surface area (Å²) in [5, 5.41) is 0. The highest BCUT2D eigenvalue weighted by atomic mass is 19.1. The van der Waals surface area contributed by atoms with Crippen molar-refractivity contribution in [2.24, 2.45) is 0 Å². The van der Waals surface area contributed by atoms with Gasteiger partial charge in [0, 0.05) is 6.42 Å². The topological polar surface area (TPSA) is 9.23 Å². The van der Waals surface area contributed by atoms with E-state index in [4.69, 9.17) is 12.6 Å². The molecular weight excluding hydrogens is 226 g/mol. The van der Waals surface area contributed by atoms with Gasteiger partial charge in [0.15, 0.2) is 0 Å². The van der Waals surface area contributed by atoms with E-state index >= 15 is 0 Å². The molecule has 18 heavy (non-hydrogen) atoms. The maximum absolute atomic E-state index is 13.3. The molecule has 0 aliphatic heterocycles. The second-order valence-electron chi connectivity index (χ2n) is 4.25. The molecule has 1 nitrogen and oxygen atoms in total. The lowest BCUT2D eigenvalue weighted by atomic mass is 9.97. The Morgan fingerprint density at radius 3 is 2.50 bits per heavy atom. The molecule has 0 spiro atoms. The van der Waals surface area contributed by atoms with E-state index in [0.717, 1.165) is 11.3 Å². The van der Waals surface area contributed by atoms with Crippen LogP contribution in [0.25, 0.3) is 0 Å². The smallest absolute Gasteiger partial charge is 0.126 e. The van der Waals surface area contributed by atoms with Crippen LogP contribution in [0.4, 0.5) is 4.39 Å². The highest BCUT2D eigenvalue weighted by Crippen LogP contribution is 2.11. The quantitative estimate of drug-likeness (QED) is 0.746. The Labute approximate surface area is 108 Å². The van der Waals surface area contributed by atoms with Crippen LogP contribution in [-0.2, 0) is 6.42 Å². The fraction of sp³-hybridized carbons (Fsp3) is 0.200. The summed E-state index contributed by atoms with van der Waals surface area (Å²) in [5.74, 6) is 0.608. The van der Waals surface area contributed by atoms with Crippen molar-refractivity contribution >= 4 is 13.3 Å². The largest absolute Gasteiger partial charge is 0.493 e. The lowest BCUT2D eigenvalue weighted by Crippen LogP contribution is -2.04. The number of hydrogen-bond acceptors (Lipinski definition) is 1. The van der Waals surface area contributed by atoms with Crippen molar-refractivity contribution < 1.29 is 9.13 Å². The highest BCUT2D eigenvalue weighted by Gasteiger charge is 2.00. The van der Waals surface area contributed by atoms with Gasteiger partial charge in [-0.25, -0.2) is 4.39 Å². The average molecular weight is 240 g/mol. The molecule has 0 aliphatic carbocycles. The van der Waals surface area contributed by atoms with Crippen molar-refractivity contribution in [2.75, 3.05) is 6.61 Å². The molecule has 0 bridgehead atoms. The second-order valence-corrected chi connectivity index (χ2v) is 4.25. The molecule has 0 aliphatic rings. The first-order chi connectivity index (χ1) is 8.65. The van der Waals surface area contributed by atoms with E-state index < -0.39 is 0 Å². The van der Waals surface area contributed by atoms with Crippen LogP contribution in [0, 0.1) is 12.7 Å². The van der Waals surface area contributed by atoms with E-state index in [2.05, 4.69) is 0 Å². The third-order valence-electron chi connectivity index (χ3n) is 2.78. The number of ether oxygens (including phenoxy) is 1. The van der Waals surface area contributed by atoms with Gasteiger partial charge in [0.05, 0.1) is 6.61 Å². The number of benzene rings is 2. The lowest BCUT2D eigenvalue weighted by Gasteiger charge is -2.07. The Kier molecular flexibility index (Phi) is 4.03. The molecule has 0 N–H and O–H groups in total. The van der Waals surface area contributed by atoms with Gasteiger partial charge in [-0.05, 0) is 36.2 Å². The fourth-order valence-corrected chi connectivity index (χ4v) is 1.64. The van der Waals surface area contributed by atoms with Crippen LogP contribution in [0.2, 0.25) is 0 Å². The molecule has 3 heteroatoms. The van der Waals surface area contributed by atoms with Gasteiger partial charge < -0.3 is 4.74 Å². The Morgan fingerprint density at radius 2 is 1.83 bits per heavy atom. The van der Waals surface area contributed by atoms with Gasteiger partial charge in [-0.1, -0.05) is 29.7 Å². The number of rotatable bonds is 4. The van der Waals surface area contributed by atoms with Gasteiger partial charge in [-0.3, -0.25) is 0 Å². The summed E-state index contributed by atoms with van der Waals surface area (Å²) in [7, 11) is 5.58. The van der Waals surface area contributed by atoms with Crippen LogP contribution >= 0.6 is 0 Å². The van der Waals surface area contributed by atoms with E-state index in [1.165, 1.54) is 0 Å². The molecular formula is C15H14BFO. The van der Waals surface area contributed by atoms with Crippen LogP contribution in [-0.4, -0.2) is 14.5 Å². The zero-order valence-corrected chi connectivity index (χ0v) is 10.3. The summed E-state index contributed by atoms with van der Waals surface area (Å²) in [5.41, 5.74) is 2.31. The predicted octanol–water partition coefficient (Wildman–Crippen LogP) is 2.55. The first kappa shape index (κ1) is 12.7. The molecule has 0 amide bonds. The van der Waals surface area contributed by atoms with Crippen molar-refractivity contribution in [3.05, 3.63) is 59.4 Å². The molecule has 0 saturated carbocycles. The molecule has 0 heterocycles. The summed E-state index contributed by atoms with van der Waals surface area (Å²) in [6.07, 6.45) is 0.682. The third kappa shape index (κ3) is 3.36. The standard InChI is InChI=1S/C15H14BFO/c1-11-2-3-12(10-15(11)17)8-9-18-14-6-4-13(16)5-7-14/h2-7,10H,8-9H2,1H3. The minimum atomic E-state index is -0.167. The van der Waals surface area contributed by atoms with E-state index in [1.54, 1.807) is 31.2 Å². The third-order valence-corrected chi connectivity index (χ3v) is 2.78. The molecule has 0 atom stereocenters. The zero-order chi connectivity index (χ0) is 13.0. The fourth-order valence-electron chi connectivity index (χ4n) is 1.64. The molecule has 0 unspecified atom stereocenters. The molecule has 2 aromatic carbocycles. The van der Waals surface area contributed by atoms with E-state index in [1.807, 2.05) is 18.2 Å². The zero-order valence-electron chi connectivity index (χ0n) is 10.3. The van der Waals surface area contributed by atoms with Crippen molar-refractivity contribution in [3.63, 3.8) is 0 Å². The van der Waals surface area contributed by atoms with Crippen LogP contribution in [0.1, 0.15) is 11.1 Å². The SMILES string of the molecule is [B]c1ccc(OCCc2ccc(C)c(F)c2)cc1. The van der Waals surface area contributed by atoms with Gasteiger partial charge >= 0.3 is 0 Å². The molecule has 0 saturated heterocycles. The van der Waals surface area contributed by atoms with E-state index in [-0.39, 0.29) is 5.82 Å². The van der Waals surface area contributed by atoms with Crippen molar-refractivity contribution in [1.82, 2.24) is 0 Å². The molecule has 2 rings (SSSR count). The predicted molar refractivity (Wildman–Crippen MR) is 72.2 cm³/mol. The van der Waals surface area contributed by atoms with E-state index in [9.17, 15) is 4.39 Å². The summed E-state index contributed by atoms with van der Waals surface area (Å²) >= 11 is 0. The number of aryl methyl sites for hydroxylation is 1.